The van der Waals surface area contributed by atoms with Crippen molar-refractivity contribution in [2.45, 2.75) is 13.0 Å². The summed E-state index contributed by atoms with van der Waals surface area (Å²) >= 11 is 0. The molecule has 0 unspecified atom stereocenters. The highest BCUT2D eigenvalue weighted by molar-refractivity contribution is 6.01. The molecular weight excluding hydrogens is 306 g/mol. The molecule has 6 heteroatoms. The van der Waals surface area contributed by atoms with E-state index in [0.29, 0.717) is 5.56 Å². The molecule has 2 aromatic rings. The van der Waals surface area contributed by atoms with Crippen molar-refractivity contribution in [2.75, 3.05) is 0 Å². The minimum atomic E-state index is -0.507. The minimum Gasteiger partial charge on any atom is -0.345 e. The molecule has 120 valence electrons. The van der Waals surface area contributed by atoms with Gasteiger partial charge in [0.05, 0.1) is 11.0 Å². The largest absolute Gasteiger partial charge is 0.345 e. The zero-order valence-electron chi connectivity index (χ0n) is 13.0. The summed E-state index contributed by atoms with van der Waals surface area (Å²) in [4.78, 5) is 22.3. The van der Waals surface area contributed by atoms with Crippen LogP contribution in [0.4, 0.5) is 5.69 Å². The summed E-state index contributed by atoms with van der Waals surface area (Å²) < 4.78 is 0. The standard InChI is InChI=1S/C18H15N3O3/c1-13(15-5-3-2-4-6-15)20-18(22)16(12-19)11-14-7-9-17(10-8-14)21(23)24/h2-11,13H,1H3,(H,20,22)/t13-/m1/s1. The lowest BCUT2D eigenvalue weighted by molar-refractivity contribution is -0.384. The number of nitriles is 1. The summed E-state index contributed by atoms with van der Waals surface area (Å²) in [5.74, 6) is -0.493. The lowest BCUT2D eigenvalue weighted by Gasteiger charge is -2.13. The van der Waals surface area contributed by atoms with Gasteiger partial charge < -0.3 is 5.32 Å². The normalized spacial score (nSPS) is 12.1. The Hall–Kier alpha value is -3.46. The van der Waals surface area contributed by atoms with Gasteiger partial charge in [0.2, 0.25) is 0 Å². The summed E-state index contributed by atoms with van der Waals surface area (Å²) in [6.45, 7) is 1.83. The third kappa shape index (κ3) is 4.27. The van der Waals surface area contributed by atoms with Gasteiger partial charge in [0.1, 0.15) is 11.6 Å². The quantitative estimate of drug-likeness (QED) is 0.395. The number of carbonyl (C=O) groups is 1. The van der Waals surface area contributed by atoms with Crippen LogP contribution in [-0.2, 0) is 4.79 Å². The van der Waals surface area contributed by atoms with Crippen LogP contribution in [0.25, 0.3) is 6.08 Å². The van der Waals surface area contributed by atoms with Gasteiger partial charge in [-0.25, -0.2) is 0 Å². The number of nitro groups is 1. The van der Waals surface area contributed by atoms with Crippen molar-refractivity contribution < 1.29 is 9.72 Å². The van der Waals surface area contributed by atoms with Gasteiger partial charge in [0.15, 0.2) is 0 Å². The van der Waals surface area contributed by atoms with E-state index in [1.54, 1.807) is 0 Å². The highest BCUT2D eigenvalue weighted by atomic mass is 16.6. The Morgan fingerprint density at radius 2 is 1.83 bits per heavy atom. The molecule has 2 aromatic carbocycles. The fourth-order valence-corrected chi connectivity index (χ4v) is 2.11. The summed E-state index contributed by atoms with van der Waals surface area (Å²) in [5, 5.41) is 22.6. The molecule has 0 radical (unpaired) electrons. The fraction of sp³-hybridized carbons (Fsp3) is 0.111. The molecule has 0 fully saturated rings. The van der Waals surface area contributed by atoms with Crippen molar-refractivity contribution in [3.05, 3.63) is 81.4 Å². The average Bonchev–Trinajstić information content (AvgIpc) is 2.60. The molecule has 6 nitrogen and oxygen atoms in total. The lowest BCUT2D eigenvalue weighted by atomic mass is 10.1. The van der Waals surface area contributed by atoms with Crippen LogP contribution in [0.15, 0.2) is 60.2 Å². The lowest BCUT2D eigenvalue weighted by Crippen LogP contribution is -2.27. The number of nitrogens with zero attached hydrogens (tertiary/aromatic N) is 2. The molecule has 0 saturated heterocycles. The van der Waals surface area contributed by atoms with E-state index in [9.17, 15) is 20.2 Å². The third-order valence-electron chi connectivity index (χ3n) is 3.43. The van der Waals surface area contributed by atoms with Crippen LogP contribution in [0.3, 0.4) is 0 Å². The Morgan fingerprint density at radius 1 is 1.21 bits per heavy atom. The first kappa shape index (κ1) is 16.9. The maximum absolute atomic E-state index is 12.2. The van der Waals surface area contributed by atoms with Gasteiger partial charge in [-0.05, 0) is 36.3 Å². The molecule has 0 aromatic heterocycles. The molecule has 0 spiro atoms. The number of benzene rings is 2. The maximum atomic E-state index is 12.2. The molecule has 2 rings (SSSR count). The van der Waals surface area contributed by atoms with E-state index < -0.39 is 10.8 Å². The Labute approximate surface area is 139 Å². The van der Waals surface area contributed by atoms with Crippen molar-refractivity contribution in [3.8, 4) is 6.07 Å². The van der Waals surface area contributed by atoms with Crippen LogP contribution in [-0.4, -0.2) is 10.8 Å². The smallest absolute Gasteiger partial charge is 0.269 e. The van der Waals surface area contributed by atoms with Crippen LogP contribution in [0.5, 0.6) is 0 Å². The van der Waals surface area contributed by atoms with Crippen LogP contribution >= 0.6 is 0 Å². The molecule has 0 aliphatic carbocycles. The second kappa shape index (κ2) is 7.70. The van der Waals surface area contributed by atoms with Gasteiger partial charge in [0.25, 0.3) is 11.6 Å². The SMILES string of the molecule is C[C@@H](NC(=O)C(C#N)=Cc1ccc([N+](=O)[O-])cc1)c1ccccc1. The Kier molecular flexibility index (Phi) is 5.42. The summed E-state index contributed by atoms with van der Waals surface area (Å²) in [5.41, 5.74) is 1.36. The van der Waals surface area contributed by atoms with Crippen LogP contribution < -0.4 is 5.32 Å². The molecule has 0 heterocycles. The van der Waals surface area contributed by atoms with E-state index in [-0.39, 0.29) is 17.3 Å². The van der Waals surface area contributed by atoms with Gasteiger partial charge >= 0.3 is 0 Å². The van der Waals surface area contributed by atoms with E-state index in [0.717, 1.165) is 5.56 Å². The molecule has 0 aliphatic heterocycles. The minimum absolute atomic E-state index is 0.0483. The van der Waals surface area contributed by atoms with Crippen molar-refractivity contribution in [2.24, 2.45) is 0 Å². The number of nitro benzene ring substituents is 1. The molecule has 1 amide bonds. The van der Waals surface area contributed by atoms with Crippen LogP contribution in [0.2, 0.25) is 0 Å². The maximum Gasteiger partial charge on any atom is 0.269 e. The molecular formula is C18H15N3O3. The second-order valence-corrected chi connectivity index (χ2v) is 5.12. The highest BCUT2D eigenvalue weighted by Crippen LogP contribution is 2.16. The second-order valence-electron chi connectivity index (χ2n) is 5.12. The number of amides is 1. The van der Waals surface area contributed by atoms with Crippen molar-refractivity contribution in [3.63, 3.8) is 0 Å². The first-order valence-electron chi connectivity index (χ1n) is 7.23. The molecule has 1 N–H and O–H groups in total. The van der Waals surface area contributed by atoms with Crippen molar-refractivity contribution >= 4 is 17.7 Å². The van der Waals surface area contributed by atoms with E-state index in [2.05, 4.69) is 5.32 Å². The molecule has 0 aliphatic rings. The van der Waals surface area contributed by atoms with Gasteiger partial charge in [-0.2, -0.15) is 5.26 Å². The predicted octanol–water partition coefficient (Wildman–Crippen LogP) is 3.38. The van der Waals surface area contributed by atoms with E-state index in [1.165, 1.54) is 30.3 Å². The zero-order valence-corrected chi connectivity index (χ0v) is 13.0. The summed E-state index contributed by atoms with van der Waals surface area (Å²) in [6, 6.07) is 16.6. The van der Waals surface area contributed by atoms with E-state index in [1.807, 2.05) is 43.3 Å². The van der Waals surface area contributed by atoms with Gasteiger partial charge in [-0.15, -0.1) is 0 Å². The van der Waals surface area contributed by atoms with Gasteiger partial charge in [0, 0.05) is 12.1 Å². The van der Waals surface area contributed by atoms with E-state index >= 15 is 0 Å². The Bertz CT molecular complexity index is 806. The van der Waals surface area contributed by atoms with Crippen molar-refractivity contribution in [1.82, 2.24) is 5.32 Å². The van der Waals surface area contributed by atoms with E-state index in [4.69, 9.17) is 0 Å². The Balaban J connectivity index is 2.13. The average molecular weight is 321 g/mol. The number of hydrogen-bond donors (Lipinski definition) is 1. The molecule has 1 atom stereocenters. The predicted molar refractivity (Wildman–Crippen MR) is 89.7 cm³/mol. The summed E-state index contributed by atoms with van der Waals surface area (Å²) in [7, 11) is 0. The number of rotatable bonds is 5. The number of hydrogen-bond acceptors (Lipinski definition) is 4. The third-order valence-corrected chi connectivity index (χ3v) is 3.43. The molecule has 0 saturated carbocycles. The zero-order chi connectivity index (χ0) is 17.5. The first-order chi connectivity index (χ1) is 11.5. The monoisotopic (exact) mass is 321 g/mol. The molecule has 0 bridgehead atoms. The fourth-order valence-electron chi connectivity index (χ4n) is 2.11. The summed E-state index contributed by atoms with van der Waals surface area (Å²) in [6.07, 6.45) is 1.40. The topological polar surface area (TPSA) is 96.0 Å². The van der Waals surface area contributed by atoms with Gasteiger partial charge in [-0.3, -0.25) is 14.9 Å². The Morgan fingerprint density at radius 3 is 2.38 bits per heavy atom. The number of carbonyl (C=O) groups excluding carboxylic acids is 1. The molecule has 24 heavy (non-hydrogen) atoms. The van der Waals surface area contributed by atoms with Crippen molar-refractivity contribution in [1.29, 1.82) is 5.26 Å². The highest BCUT2D eigenvalue weighted by Gasteiger charge is 2.14. The van der Waals surface area contributed by atoms with Gasteiger partial charge in [-0.1, -0.05) is 30.3 Å². The van der Waals surface area contributed by atoms with Crippen LogP contribution in [0, 0.1) is 21.4 Å². The number of non-ortho nitro benzene ring substituents is 1. The number of nitrogens with one attached hydrogen (secondary N) is 1. The van der Waals surface area contributed by atoms with Crippen LogP contribution in [0.1, 0.15) is 24.1 Å². The first-order valence-corrected chi connectivity index (χ1v) is 7.23.